The molecule has 0 saturated heterocycles. The van der Waals surface area contributed by atoms with Gasteiger partial charge in [0.25, 0.3) is 0 Å². The minimum absolute atomic E-state index is 0.337. The van der Waals surface area contributed by atoms with Gasteiger partial charge in [-0.1, -0.05) is 25.1 Å². The molecule has 1 saturated carbocycles. The Hall–Kier alpha value is -1.32. The lowest BCUT2D eigenvalue weighted by molar-refractivity contribution is 0.173. The summed E-state index contributed by atoms with van der Waals surface area (Å²) >= 11 is 1.82. The van der Waals surface area contributed by atoms with E-state index < -0.39 is 0 Å². The molecule has 2 nitrogen and oxygen atoms in total. The highest BCUT2D eigenvalue weighted by Crippen LogP contribution is 2.34. The maximum atomic E-state index is 9.88. The van der Waals surface area contributed by atoms with Crippen LogP contribution in [0.25, 0.3) is 0 Å². The number of rotatable bonds is 6. The summed E-state index contributed by atoms with van der Waals surface area (Å²) in [5.74, 6) is 0. The van der Waals surface area contributed by atoms with Crippen LogP contribution >= 0.6 is 11.3 Å². The predicted molar refractivity (Wildman–Crippen MR) is 85.2 cm³/mol. The Morgan fingerprint density at radius 3 is 2.55 bits per heavy atom. The van der Waals surface area contributed by atoms with Crippen molar-refractivity contribution in [1.82, 2.24) is 0 Å². The number of hydrogen-bond acceptors (Lipinski definition) is 3. The van der Waals surface area contributed by atoms with Gasteiger partial charge in [-0.15, -0.1) is 11.3 Å². The highest BCUT2D eigenvalue weighted by atomic mass is 32.1. The lowest BCUT2D eigenvalue weighted by atomic mass is 10.1. The van der Waals surface area contributed by atoms with E-state index in [2.05, 4.69) is 46.7 Å². The van der Waals surface area contributed by atoms with Gasteiger partial charge in [0.05, 0.1) is 12.6 Å². The molecule has 3 rings (SSSR count). The Kier molecular flexibility index (Phi) is 4.08. The lowest BCUT2D eigenvalue weighted by Gasteiger charge is -2.24. The standard InChI is InChI=1S/C17H21NOS/c1-2-17(19)13-5-7-14(8-6-13)18(15-9-10-15)12-16-4-3-11-20-16/h3-8,11,15,17,19H,2,9-10,12H2,1H3/t17-/m0/s1. The van der Waals surface area contributed by atoms with Gasteiger partial charge in [0.2, 0.25) is 0 Å². The molecule has 1 aliphatic rings. The topological polar surface area (TPSA) is 23.5 Å². The Balaban J connectivity index is 1.77. The fourth-order valence-electron chi connectivity index (χ4n) is 2.51. The Bertz CT molecular complexity index is 531. The molecule has 1 N–H and O–H groups in total. The van der Waals surface area contributed by atoms with Gasteiger partial charge in [-0.3, -0.25) is 0 Å². The third-order valence-corrected chi connectivity index (χ3v) is 4.75. The van der Waals surface area contributed by atoms with Crippen LogP contribution in [-0.2, 0) is 6.54 Å². The van der Waals surface area contributed by atoms with Crippen molar-refractivity contribution in [3.63, 3.8) is 0 Å². The second kappa shape index (κ2) is 5.98. The first-order chi connectivity index (χ1) is 9.78. The van der Waals surface area contributed by atoms with E-state index in [-0.39, 0.29) is 6.10 Å². The van der Waals surface area contributed by atoms with Crippen molar-refractivity contribution < 1.29 is 5.11 Å². The molecule has 0 aliphatic heterocycles. The quantitative estimate of drug-likeness (QED) is 0.853. The summed E-state index contributed by atoms with van der Waals surface area (Å²) in [6.45, 7) is 3.00. The molecule has 1 atom stereocenters. The van der Waals surface area contributed by atoms with Gasteiger partial charge in [0, 0.05) is 16.6 Å². The number of nitrogens with zero attached hydrogens (tertiary/aromatic N) is 1. The van der Waals surface area contributed by atoms with Crippen LogP contribution in [0.2, 0.25) is 0 Å². The molecule has 0 unspecified atom stereocenters. The third kappa shape index (κ3) is 3.05. The Morgan fingerprint density at radius 2 is 2.00 bits per heavy atom. The second-order valence-corrected chi connectivity index (χ2v) is 6.49. The van der Waals surface area contributed by atoms with Crippen molar-refractivity contribution in [3.05, 3.63) is 52.2 Å². The second-order valence-electron chi connectivity index (χ2n) is 5.45. The van der Waals surface area contributed by atoms with Gasteiger partial charge in [-0.05, 0) is 48.4 Å². The molecule has 106 valence electrons. The number of benzene rings is 1. The molecule has 1 fully saturated rings. The van der Waals surface area contributed by atoms with Gasteiger partial charge < -0.3 is 10.0 Å². The van der Waals surface area contributed by atoms with Crippen LogP contribution in [0.3, 0.4) is 0 Å². The van der Waals surface area contributed by atoms with E-state index in [1.165, 1.54) is 23.4 Å². The number of anilines is 1. The monoisotopic (exact) mass is 287 g/mol. The van der Waals surface area contributed by atoms with E-state index in [9.17, 15) is 5.11 Å². The van der Waals surface area contributed by atoms with E-state index in [1.807, 2.05) is 18.3 Å². The minimum Gasteiger partial charge on any atom is -0.388 e. The largest absolute Gasteiger partial charge is 0.388 e. The van der Waals surface area contributed by atoms with Crippen LogP contribution in [0.5, 0.6) is 0 Å². The summed E-state index contributed by atoms with van der Waals surface area (Å²) in [6.07, 6.45) is 3.02. The Labute approximate surface area is 124 Å². The average molecular weight is 287 g/mol. The summed E-state index contributed by atoms with van der Waals surface area (Å²) in [5, 5.41) is 12.0. The number of aliphatic hydroxyl groups excluding tert-OH is 1. The molecule has 1 heterocycles. The van der Waals surface area contributed by atoms with Gasteiger partial charge in [-0.25, -0.2) is 0 Å². The van der Waals surface area contributed by atoms with E-state index in [0.717, 1.165) is 18.5 Å². The smallest absolute Gasteiger partial charge is 0.0787 e. The van der Waals surface area contributed by atoms with E-state index in [0.29, 0.717) is 6.04 Å². The first-order valence-electron chi connectivity index (χ1n) is 7.35. The van der Waals surface area contributed by atoms with Gasteiger partial charge >= 0.3 is 0 Å². The normalized spacial score (nSPS) is 16.1. The van der Waals surface area contributed by atoms with Crippen LogP contribution in [0.1, 0.15) is 42.7 Å². The lowest BCUT2D eigenvalue weighted by Crippen LogP contribution is -2.24. The fraction of sp³-hybridized carbons (Fsp3) is 0.412. The van der Waals surface area contributed by atoms with E-state index >= 15 is 0 Å². The van der Waals surface area contributed by atoms with Crippen molar-refractivity contribution in [2.24, 2.45) is 0 Å². The summed E-state index contributed by atoms with van der Waals surface area (Å²) in [6, 6.07) is 13.4. The first-order valence-corrected chi connectivity index (χ1v) is 8.23. The molecule has 1 aliphatic carbocycles. The minimum atomic E-state index is -0.337. The highest BCUT2D eigenvalue weighted by Gasteiger charge is 2.29. The summed E-state index contributed by atoms with van der Waals surface area (Å²) in [5.41, 5.74) is 2.29. The number of aliphatic hydroxyl groups is 1. The molecule has 1 aromatic carbocycles. The molecular formula is C17H21NOS. The van der Waals surface area contributed by atoms with Crippen LogP contribution in [0, 0.1) is 0 Å². The predicted octanol–water partition coefficient (Wildman–Crippen LogP) is 4.36. The van der Waals surface area contributed by atoms with Crippen LogP contribution < -0.4 is 4.90 Å². The number of hydrogen-bond donors (Lipinski definition) is 1. The number of thiophene rings is 1. The molecule has 0 bridgehead atoms. The molecule has 0 spiro atoms. The van der Waals surface area contributed by atoms with E-state index in [1.54, 1.807) is 0 Å². The summed E-state index contributed by atoms with van der Waals surface area (Å²) in [4.78, 5) is 3.91. The van der Waals surface area contributed by atoms with E-state index in [4.69, 9.17) is 0 Å². The zero-order chi connectivity index (χ0) is 13.9. The molecular weight excluding hydrogens is 266 g/mol. The third-order valence-electron chi connectivity index (χ3n) is 3.89. The molecule has 2 aromatic rings. The highest BCUT2D eigenvalue weighted by molar-refractivity contribution is 7.09. The zero-order valence-electron chi connectivity index (χ0n) is 11.8. The molecule has 0 radical (unpaired) electrons. The van der Waals surface area contributed by atoms with Crippen molar-refractivity contribution in [3.8, 4) is 0 Å². The van der Waals surface area contributed by atoms with Crippen LogP contribution in [0.15, 0.2) is 41.8 Å². The first kappa shape index (κ1) is 13.7. The van der Waals surface area contributed by atoms with Crippen molar-refractivity contribution in [1.29, 1.82) is 0 Å². The zero-order valence-corrected chi connectivity index (χ0v) is 12.6. The van der Waals surface area contributed by atoms with Gasteiger partial charge in [-0.2, -0.15) is 0 Å². The molecule has 0 amide bonds. The SMILES string of the molecule is CC[C@H](O)c1ccc(N(Cc2cccs2)C2CC2)cc1. The van der Waals surface area contributed by atoms with Crippen LogP contribution in [-0.4, -0.2) is 11.1 Å². The average Bonchev–Trinajstić information content (AvgIpc) is 3.21. The molecule has 20 heavy (non-hydrogen) atoms. The molecule has 3 heteroatoms. The molecule has 1 aromatic heterocycles. The maximum Gasteiger partial charge on any atom is 0.0787 e. The van der Waals surface area contributed by atoms with Crippen molar-refractivity contribution in [2.75, 3.05) is 4.90 Å². The maximum absolute atomic E-state index is 9.88. The summed E-state index contributed by atoms with van der Waals surface area (Å²) < 4.78 is 0. The summed E-state index contributed by atoms with van der Waals surface area (Å²) in [7, 11) is 0. The van der Waals surface area contributed by atoms with Crippen molar-refractivity contribution in [2.45, 2.75) is 44.9 Å². The van der Waals surface area contributed by atoms with Crippen molar-refractivity contribution >= 4 is 17.0 Å². The van der Waals surface area contributed by atoms with Crippen LogP contribution in [0.4, 0.5) is 5.69 Å². The Morgan fingerprint density at radius 1 is 1.25 bits per heavy atom. The van der Waals surface area contributed by atoms with Gasteiger partial charge in [0.15, 0.2) is 0 Å². The van der Waals surface area contributed by atoms with Gasteiger partial charge in [0.1, 0.15) is 0 Å². The fourth-order valence-corrected chi connectivity index (χ4v) is 3.21.